The van der Waals surface area contributed by atoms with E-state index in [2.05, 4.69) is 17.4 Å². The summed E-state index contributed by atoms with van der Waals surface area (Å²) in [5.74, 6) is -4.06. The van der Waals surface area contributed by atoms with Crippen molar-refractivity contribution in [2.75, 3.05) is 11.9 Å². The highest BCUT2D eigenvalue weighted by atomic mass is 127. The average molecular weight is 591 g/mol. The van der Waals surface area contributed by atoms with E-state index < -0.39 is 44.2 Å². The Labute approximate surface area is 207 Å². The minimum Gasteiger partial charge on any atom is -0.414 e. The highest BCUT2D eigenvalue weighted by molar-refractivity contribution is 14.1. The van der Waals surface area contributed by atoms with Gasteiger partial charge in [0.1, 0.15) is 11.9 Å². The minimum absolute atomic E-state index is 0.114. The van der Waals surface area contributed by atoms with E-state index in [4.69, 9.17) is 9.26 Å². The molecule has 0 fully saturated rings. The zero-order valence-corrected chi connectivity index (χ0v) is 22.3. The second kappa shape index (κ2) is 11.5. The number of carbonyl (C=O) groups is 1. The van der Waals surface area contributed by atoms with E-state index in [0.717, 1.165) is 12.1 Å². The topological polar surface area (TPSA) is 59.6 Å². The van der Waals surface area contributed by atoms with Crippen molar-refractivity contribution < 1.29 is 27.2 Å². The summed E-state index contributed by atoms with van der Waals surface area (Å²) in [6, 6.07) is 5.31. The smallest absolute Gasteiger partial charge is 0.277 e. The summed E-state index contributed by atoms with van der Waals surface area (Å²) in [6.45, 7) is 13.4. The van der Waals surface area contributed by atoms with Crippen LogP contribution >= 0.6 is 22.6 Å². The van der Waals surface area contributed by atoms with Gasteiger partial charge in [0.15, 0.2) is 11.6 Å². The third-order valence-corrected chi connectivity index (χ3v) is 6.09. The fraction of sp³-hybridized carbons (Fsp3) is 0.348. The van der Waals surface area contributed by atoms with Gasteiger partial charge in [-0.25, -0.2) is 18.7 Å². The Morgan fingerprint density at radius 2 is 1.88 bits per heavy atom. The van der Waals surface area contributed by atoms with Crippen molar-refractivity contribution in [3.63, 3.8) is 0 Å². The Morgan fingerprint density at radius 1 is 1.21 bits per heavy atom. The molecule has 1 radical (unpaired) electrons. The van der Waals surface area contributed by atoms with Crippen molar-refractivity contribution >= 4 is 55.0 Å². The second-order valence-electron chi connectivity index (χ2n) is 8.59. The Morgan fingerprint density at radius 3 is 2.42 bits per heavy atom. The molecule has 5 nitrogen and oxygen atoms in total. The van der Waals surface area contributed by atoms with Gasteiger partial charge in [-0.15, -0.1) is 0 Å². The maximum absolute atomic E-state index is 14.9. The van der Waals surface area contributed by atoms with E-state index in [0.29, 0.717) is 3.57 Å². The van der Waals surface area contributed by atoms with E-state index in [9.17, 15) is 18.0 Å². The third kappa shape index (κ3) is 7.29. The van der Waals surface area contributed by atoms with Gasteiger partial charge in [0.25, 0.3) is 5.91 Å². The number of nitrogens with one attached hydrogen (secondary N) is 2. The fourth-order valence-electron chi connectivity index (χ4n) is 2.70. The van der Waals surface area contributed by atoms with E-state index in [1.54, 1.807) is 6.07 Å². The van der Waals surface area contributed by atoms with Crippen LogP contribution in [-0.4, -0.2) is 27.7 Å². The third-order valence-electron chi connectivity index (χ3n) is 4.67. The SMILES string of the molecule is C=Cc1cc(C(=O)NOC(CO[Si](C)C)C(C)(C)C)c(Nc2ccc(I)cc2F)c(F)c1F. The van der Waals surface area contributed by atoms with E-state index in [-0.39, 0.29) is 28.8 Å². The van der Waals surface area contributed by atoms with Gasteiger partial charge < -0.3 is 9.74 Å². The van der Waals surface area contributed by atoms with Crippen LogP contribution in [0.2, 0.25) is 13.1 Å². The summed E-state index contributed by atoms with van der Waals surface area (Å²) in [5.41, 5.74) is 0.812. The van der Waals surface area contributed by atoms with Crippen LogP contribution in [0.3, 0.4) is 0 Å². The minimum atomic E-state index is -1.34. The summed E-state index contributed by atoms with van der Waals surface area (Å²) in [6.07, 6.45) is 0.582. The molecular formula is C23H27F3IN2O3Si. The molecule has 0 aromatic heterocycles. The molecule has 179 valence electrons. The average Bonchev–Trinajstić information content (AvgIpc) is 2.71. The first-order valence-electron chi connectivity index (χ1n) is 10.1. The van der Waals surface area contributed by atoms with Crippen molar-refractivity contribution in [3.05, 3.63) is 63.0 Å². The highest BCUT2D eigenvalue weighted by Crippen LogP contribution is 2.31. The summed E-state index contributed by atoms with van der Waals surface area (Å²) in [7, 11) is -0.987. The van der Waals surface area contributed by atoms with Crippen LogP contribution in [0, 0.1) is 26.4 Å². The number of hydroxylamine groups is 1. The molecule has 0 heterocycles. The lowest BCUT2D eigenvalue weighted by Crippen LogP contribution is -2.41. The number of amides is 1. The Bertz CT molecular complexity index is 1030. The van der Waals surface area contributed by atoms with Crippen molar-refractivity contribution in [2.24, 2.45) is 5.41 Å². The molecule has 0 bridgehead atoms. The van der Waals surface area contributed by atoms with Gasteiger partial charge in [-0.1, -0.05) is 33.4 Å². The van der Waals surface area contributed by atoms with Gasteiger partial charge in [0.2, 0.25) is 9.04 Å². The van der Waals surface area contributed by atoms with Gasteiger partial charge in [-0.2, -0.15) is 0 Å². The van der Waals surface area contributed by atoms with Crippen LogP contribution in [0.15, 0.2) is 30.8 Å². The normalized spacial score (nSPS) is 12.5. The van der Waals surface area contributed by atoms with Gasteiger partial charge in [-0.05, 0) is 65.4 Å². The molecule has 0 aliphatic carbocycles. The summed E-state index contributed by atoms with van der Waals surface area (Å²) in [5, 5.41) is 2.50. The Balaban J connectivity index is 2.39. The van der Waals surface area contributed by atoms with Crippen molar-refractivity contribution in [2.45, 2.75) is 40.0 Å². The molecule has 33 heavy (non-hydrogen) atoms. The van der Waals surface area contributed by atoms with Gasteiger partial charge in [0, 0.05) is 9.13 Å². The van der Waals surface area contributed by atoms with Crippen molar-refractivity contribution in [3.8, 4) is 0 Å². The number of anilines is 2. The second-order valence-corrected chi connectivity index (χ2v) is 11.9. The van der Waals surface area contributed by atoms with Crippen LogP contribution < -0.4 is 10.8 Å². The monoisotopic (exact) mass is 591 g/mol. The van der Waals surface area contributed by atoms with Crippen LogP contribution in [0.1, 0.15) is 36.7 Å². The molecule has 0 aliphatic heterocycles. The van der Waals surface area contributed by atoms with Crippen LogP contribution in [0.25, 0.3) is 6.08 Å². The number of halogens is 4. The molecule has 1 unspecified atom stereocenters. The summed E-state index contributed by atoms with van der Waals surface area (Å²) >= 11 is 1.92. The number of benzene rings is 2. The number of hydrogen-bond acceptors (Lipinski definition) is 4. The number of rotatable bonds is 9. The van der Waals surface area contributed by atoms with Crippen LogP contribution in [0.4, 0.5) is 24.5 Å². The molecule has 0 saturated carbocycles. The first kappa shape index (κ1) is 27.4. The number of carbonyl (C=O) groups excluding carboxylic acids is 1. The zero-order chi connectivity index (χ0) is 24.9. The molecule has 1 atom stereocenters. The van der Waals surface area contributed by atoms with E-state index in [1.807, 2.05) is 56.5 Å². The Kier molecular flexibility index (Phi) is 9.53. The molecular weight excluding hydrogens is 564 g/mol. The van der Waals surface area contributed by atoms with Gasteiger partial charge in [-0.3, -0.25) is 9.63 Å². The summed E-state index contributed by atoms with van der Waals surface area (Å²) < 4.78 is 50.1. The molecule has 10 heteroatoms. The first-order chi connectivity index (χ1) is 15.3. The molecule has 0 spiro atoms. The van der Waals surface area contributed by atoms with E-state index >= 15 is 0 Å². The lowest BCUT2D eigenvalue weighted by Gasteiger charge is -2.30. The van der Waals surface area contributed by atoms with Crippen molar-refractivity contribution in [1.29, 1.82) is 0 Å². The molecule has 2 aromatic carbocycles. The first-order valence-corrected chi connectivity index (χ1v) is 13.6. The predicted molar refractivity (Wildman–Crippen MR) is 134 cm³/mol. The molecule has 0 saturated heterocycles. The quantitative estimate of drug-likeness (QED) is 0.200. The molecule has 0 aliphatic rings. The van der Waals surface area contributed by atoms with Crippen LogP contribution in [-0.2, 0) is 9.26 Å². The molecule has 1 amide bonds. The van der Waals surface area contributed by atoms with Crippen molar-refractivity contribution in [1.82, 2.24) is 5.48 Å². The molecule has 2 aromatic rings. The Hall–Kier alpha value is -1.89. The lowest BCUT2D eigenvalue weighted by atomic mass is 9.90. The standard InChI is InChI=1S/C23H27F3IN2O3Si/c1-7-13-10-15(22(30)29-32-18(23(2,3)4)12-31-33(5)6)21(20(26)19(13)25)28-17-9-8-14(27)11-16(17)24/h7-11,18,28H,1,12H2,2-6H3,(H,29,30). The zero-order valence-electron chi connectivity index (χ0n) is 19.1. The fourth-order valence-corrected chi connectivity index (χ4v) is 3.64. The number of hydrogen-bond donors (Lipinski definition) is 2. The predicted octanol–water partition coefficient (Wildman–Crippen LogP) is 6.44. The van der Waals surface area contributed by atoms with Gasteiger partial charge in [0.05, 0.1) is 23.5 Å². The molecule has 2 N–H and O–H groups in total. The summed E-state index contributed by atoms with van der Waals surface area (Å²) in [4.78, 5) is 18.6. The maximum atomic E-state index is 14.9. The lowest BCUT2D eigenvalue weighted by molar-refractivity contribution is -0.0839. The largest absolute Gasteiger partial charge is 0.414 e. The highest BCUT2D eigenvalue weighted by Gasteiger charge is 2.29. The van der Waals surface area contributed by atoms with Gasteiger partial charge >= 0.3 is 0 Å². The van der Waals surface area contributed by atoms with Crippen LogP contribution in [0.5, 0.6) is 0 Å². The maximum Gasteiger partial charge on any atom is 0.277 e. The molecule has 2 rings (SSSR count). The van der Waals surface area contributed by atoms with E-state index in [1.165, 1.54) is 12.1 Å².